The molecular formula is C20H16F2N2O3S. The highest BCUT2D eigenvalue weighted by molar-refractivity contribution is 7.14. The van der Waals surface area contributed by atoms with E-state index in [2.05, 4.69) is 10.3 Å². The standard InChI is InChI=1S/C20H16F2N2O3S/c1-26-17-5-3-4-12(19(17)27-2)6-9-18(25)24-20-23-16(11-28-20)14-10-13(21)7-8-15(14)22/h3-11H,1-2H3,(H,23,24,25)/b9-6+. The molecule has 0 saturated heterocycles. The number of halogens is 2. The van der Waals surface area contributed by atoms with Crippen LogP contribution in [0.3, 0.4) is 0 Å². The van der Waals surface area contributed by atoms with Gasteiger partial charge in [0, 0.05) is 22.6 Å². The van der Waals surface area contributed by atoms with E-state index in [0.29, 0.717) is 17.1 Å². The monoisotopic (exact) mass is 402 g/mol. The van der Waals surface area contributed by atoms with Crippen LogP contribution in [0.5, 0.6) is 11.5 Å². The Labute approximate surface area is 164 Å². The number of nitrogens with one attached hydrogen (secondary N) is 1. The molecule has 0 aliphatic carbocycles. The van der Waals surface area contributed by atoms with E-state index in [9.17, 15) is 13.6 Å². The van der Waals surface area contributed by atoms with Gasteiger partial charge in [0.1, 0.15) is 11.6 Å². The highest BCUT2D eigenvalue weighted by Gasteiger charge is 2.12. The average molecular weight is 402 g/mol. The molecule has 8 heteroatoms. The molecule has 0 aliphatic heterocycles. The normalized spacial score (nSPS) is 10.9. The number of ether oxygens (including phenoxy) is 2. The summed E-state index contributed by atoms with van der Waals surface area (Å²) < 4.78 is 37.7. The van der Waals surface area contributed by atoms with Crippen molar-refractivity contribution in [1.29, 1.82) is 0 Å². The Morgan fingerprint density at radius 2 is 2.00 bits per heavy atom. The first-order valence-electron chi connectivity index (χ1n) is 8.13. The van der Waals surface area contributed by atoms with Crippen LogP contribution in [0, 0.1) is 11.6 Å². The summed E-state index contributed by atoms with van der Waals surface area (Å²) in [6, 6.07) is 8.43. The molecule has 0 spiro atoms. The first kappa shape index (κ1) is 19.5. The number of methoxy groups -OCH3 is 2. The molecule has 0 unspecified atom stereocenters. The van der Waals surface area contributed by atoms with Gasteiger partial charge in [-0.05, 0) is 30.3 Å². The maximum Gasteiger partial charge on any atom is 0.250 e. The molecular weight excluding hydrogens is 386 g/mol. The van der Waals surface area contributed by atoms with Crippen molar-refractivity contribution in [3.8, 4) is 22.8 Å². The second kappa shape index (κ2) is 8.62. The summed E-state index contributed by atoms with van der Waals surface area (Å²) in [6.45, 7) is 0. The zero-order chi connectivity index (χ0) is 20.1. The molecule has 1 heterocycles. The maximum atomic E-state index is 13.8. The number of hydrogen-bond donors (Lipinski definition) is 1. The lowest BCUT2D eigenvalue weighted by Gasteiger charge is -2.09. The Kier molecular flexibility index (Phi) is 6.00. The first-order valence-corrected chi connectivity index (χ1v) is 9.00. The van der Waals surface area contributed by atoms with Crippen molar-refractivity contribution in [2.75, 3.05) is 19.5 Å². The third-order valence-electron chi connectivity index (χ3n) is 3.79. The van der Waals surface area contributed by atoms with Crippen molar-refractivity contribution in [2.45, 2.75) is 0 Å². The van der Waals surface area contributed by atoms with Crippen molar-refractivity contribution in [1.82, 2.24) is 4.98 Å². The third kappa shape index (κ3) is 4.34. The predicted octanol–water partition coefficient (Wildman–Crippen LogP) is 4.76. The highest BCUT2D eigenvalue weighted by atomic mass is 32.1. The van der Waals surface area contributed by atoms with Gasteiger partial charge in [0.05, 0.1) is 19.9 Å². The van der Waals surface area contributed by atoms with Crippen molar-refractivity contribution < 1.29 is 23.0 Å². The topological polar surface area (TPSA) is 60.5 Å². The van der Waals surface area contributed by atoms with Crippen LogP contribution in [0.4, 0.5) is 13.9 Å². The zero-order valence-electron chi connectivity index (χ0n) is 15.0. The molecule has 28 heavy (non-hydrogen) atoms. The van der Waals surface area contributed by atoms with E-state index in [0.717, 1.165) is 29.5 Å². The number of rotatable bonds is 6. The number of para-hydroxylation sites is 1. The molecule has 2 aromatic carbocycles. The molecule has 0 saturated carbocycles. The van der Waals surface area contributed by atoms with Crippen LogP contribution in [0.25, 0.3) is 17.3 Å². The Morgan fingerprint density at radius 3 is 2.75 bits per heavy atom. The van der Waals surface area contributed by atoms with E-state index in [1.807, 2.05) is 0 Å². The molecule has 1 N–H and O–H groups in total. The lowest BCUT2D eigenvalue weighted by atomic mass is 10.1. The summed E-state index contributed by atoms with van der Waals surface area (Å²) in [7, 11) is 3.04. The van der Waals surface area contributed by atoms with Crippen molar-refractivity contribution in [3.63, 3.8) is 0 Å². The second-order valence-electron chi connectivity index (χ2n) is 5.57. The zero-order valence-corrected chi connectivity index (χ0v) is 15.8. The molecule has 5 nitrogen and oxygen atoms in total. The van der Waals surface area contributed by atoms with E-state index in [1.54, 1.807) is 29.7 Å². The van der Waals surface area contributed by atoms with Gasteiger partial charge in [-0.3, -0.25) is 10.1 Å². The number of hydrogen-bond acceptors (Lipinski definition) is 5. The molecule has 144 valence electrons. The minimum absolute atomic E-state index is 0.0356. The number of aromatic nitrogens is 1. The number of anilines is 1. The van der Waals surface area contributed by atoms with Gasteiger partial charge in [-0.15, -0.1) is 11.3 Å². The van der Waals surface area contributed by atoms with Crippen LogP contribution in [0.2, 0.25) is 0 Å². The van der Waals surface area contributed by atoms with Gasteiger partial charge in [-0.2, -0.15) is 0 Å². The van der Waals surface area contributed by atoms with Crippen molar-refractivity contribution in [2.24, 2.45) is 0 Å². The SMILES string of the molecule is COc1cccc(/C=C/C(=O)Nc2nc(-c3cc(F)ccc3F)cs2)c1OC. The van der Waals surface area contributed by atoms with E-state index >= 15 is 0 Å². The van der Waals surface area contributed by atoms with Crippen LogP contribution in [-0.2, 0) is 4.79 Å². The van der Waals surface area contributed by atoms with E-state index in [-0.39, 0.29) is 16.4 Å². The predicted molar refractivity (Wildman–Crippen MR) is 105 cm³/mol. The number of nitrogens with zero attached hydrogens (tertiary/aromatic N) is 1. The quantitative estimate of drug-likeness (QED) is 0.604. The maximum absolute atomic E-state index is 13.8. The summed E-state index contributed by atoms with van der Waals surface area (Å²) in [6.07, 6.45) is 2.90. The molecule has 0 aliphatic rings. The van der Waals surface area contributed by atoms with Gasteiger partial charge < -0.3 is 9.47 Å². The number of carbonyl (C=O) groups excluding carboxylic acids is 1. The lowest BCUT2D eigenvalue weighted by molar-refractivity contribution is -0.111. The molecule has 3 aromatic rings. The van der Waals surface area contributed by atoms with Crippen LogP contribution in [-0.4, -0.2) is 25.1 Å². The second-order valence-corrected chi connectivity index (χ2v) is 6.43. The lowest BCUT2D eigenvalue weighted by Crippen LogP contribution is -2.07. The third-order valence-corrected chi connectivity index (χ3v) is 4.54. The molecule has 0 radical (unpaired) electrons. The molecule has 1 amide bonds. The van der Waals surface area contributed by atoms with Crippen molar-refractivity contribution >= 4 is 28.5 Å². The highest BCUT2D eigenvalue weighted by Crippen LogP contribution is 2.31. The smallest absolute Gasteiger partial charge is 0.250 e. The Balaban J connectivity index is 1.74. The summed E-state index contributed by atoms with van der Waals surface area (Å²) in [5.74, 6) is -0.524. The Bertz CT molecular complexity index is 1030. The summed E-state index contributed by atoms with van der Waals surface area (Å²) in [5, 5.41) is 4.41. The molecule has 1 aromatic heterocycles. The van der Waals surface area contributed by atoms with Gasteiger partial charge in [0.15, 0.2) is 16.6 Å². The average Bonchev–Trinajstić information content (AvgIpc) is 3.15. The number of carbonyl (C=O) groups is 1. The fourth-order valence-corrected chi connectivity index (χ4v) is 3.22. The fraction of sp³-hybridized carbons (Fsp3) is 0.100. The minimum atomic E-state index is -0.588. The molecule has 0 fully saturated rings. The van der Waals surface area contributed by atoms with E-state index in [1.165, 1.54) is 20.3 Å². The Morgan fingerprint density at radius 1 is 1.18 bits per heavy atom. The van der Waals surface area contributed by atoms with Gasteiger partial charge in [-0.25, -0.2) is 13.8 Å². The first-order chi connectivity index (χ1) is 13.5. The molecule has 3 rings (SSSR count). The molecule has 0 bridgehead atoms. The minimum Gasteiger partial charge on any atom is -0.493 e. The number of thiazole rings is 1. The largest absolute Gasteiger partial charge is 0.493 e. The fourth-order valence-electron chi connectivity index (χ4n) is 2.50. The van der Waals surface area contributed by atoms with Crippen LogP contribution in [0.15, 0.2) is 47.9 Å². The Hall–Kier alpha value is -3.26. The van der Waals surface area contributed by atoms with Crippen LogP contribution in [0.1, 0.15) is 5.56 Å². The van der Waals surface area contributed by atoms with E-state index < -0.39 is 17.5 Å². The van der Waals surface area contributed by atoms with Gasteiger partial charge in [-0.1, -0.05) is 12.1 Å². The van der Waals surface area contributed by atoms with Gasteiger partial charge >= 0.3 is 0 Å². The van der Waals surface area contributed by atoms with Crippen LogP contribution >= 0.6 is 11.3 Å². The van der Waals surface area contributed by atoms with Gasteiger partial charge in [0.25, 0.3) is 0 Å². The van der Waals surface area contributed by atoms with E-state index in [4.69, 9.17) is 9.47 Å². The van der Waals surface area contributed by atoms with Crippen molar-refractivity contribution in [3.05, 3.63) is 65.1 Å². The number of benzene rings is 2. The summed E-state index contributed by atoms with van der Waals surface area (Å²) in [5.41, 5.74) is 0.947. The van der Waals surface area contributed by atoms with Gasteiger partial charge in [0.2, 0.25) is 5.91 Å². The summed E-state index contributed by atoms with van der Waals surface area (Å²) >= 11 is 1.11. The summed E-state index contributed by atoms with van der Waals surface area (Å²) in [4.78, 5) is 16.3. The van der Waals surface area contributed by atoms with Crippen LogP contribution < -0.4 is 14.8 Å². The molecule has 0 atom stereocenters. The number of amides is 1.